The number of hydrogen-bond acceptors (Lipinski definition) is 12. The van der Waals surface area contributed by atoms with Gasteiger partial charge in [-0.15, -0.1) is 11.3 Å². The number of piperidine rings is 1. The second-order valence-electron chi connectivity index (χ2n) is 21.1. The second-order valence-corrected chi connectivity index (χ2v) is 21.9. The molecule has 3 fully saturated rings. The summed E-state index contributed by atoms with van der Waals surface area (Å²) in [5.74, 6) is -0.489. The minimum Gasteiger partial charge on any atom is -0.474 e. The van der Waals surface area contributed by atoms with Gasteiger partial charge >= 0.3 is 0 Å². The van der Waals surface area contributed by atoms with Crippen molar-refractivity contribution in [3.8, 4) is 27.4 Å². The third-order valence-electron chi connectivity index (χ3n) is 14.7. The third kappa shape index (κ3) is 12.0. The Balaban J connectivity index is 0.630. The van der Waals surface area contributed by atoms with E-state index in [2.05, 4.69) is 72.4 Å². The predicted molar refractivity (Wildman–Crippen MR) is 280 cm³/mol. The van der Waals surface area contributed by atoms with Crippen molar-refractivity contribution in [3.05, 3.63) is 96.0 Å². The summed E-state index contributed by atoms with van der Waals surface area (Å²) in [7, 11) is 2.09. The van der Waals surface area contributed by atoms with Crippen molar-refractivity contribution >= 4 is 50.9 Å². The molecule has 0 bridgehead atoms. The van der Waals surface area contributed by atoms with Crippen LogP contribution in [0.2, 0.25) is 0 Å². The average molecular weight is 999 g/mol. The monoisotopic (exact) mass is 999 g/mol. The molecule has 72 heavy (non-hydrogen) atoms. The first kappa shape index (κ1) is 51.1. The fourth-order valence-electron chi connectivity index (χ4n) is 10.4. The number of benzene rings is 2. The molecule has 4 aromatic heterocycles. The van der Waals surface area contributed by atoms with Crippen LogP contribution < -0.4 is 15.4 Å². The van der Waals surface area contributed by atoms with Gasteiger partial charge in [0.25, 0.3) is 0 Å². The lowest BCUT2D eigenvalue weighted by atomic mass is 9.85. The van der Waals surface area contributed by atoms with E-state index in [0.29, 0.717) is 12.5 Å². The molecule has 6 heterocycles. The average Bonchev–Trinajstić information content (AvgIpc) is 4.06. The zero-order valence-electron chi connectivity index (χ0n) is 42.5. The molecule has 0 radical (unpaired) electrons. The Morgan fingerprint density at radius 3 is 2.33 bits per heavy atom. The largest absolute Gasteiger partial charge is 0.474 e. The Hall–Kier alpha value is -5.78. The number of pyridine rings is 2. The Kier molecular flexibility index (Phi) is 16.0. The van der Waals surface area contributed by atoms with Crippen LogP contribution in [-0.4, -0.2) is 128 Å². The van der Waals surface area contributed by atoms with Gasteiger partial charge in [0.1, 0.15) is 24.8 Å². The Labute approximate surface area is 426 Å². The van der Waals surface area contributed by atoms with E-state index in [0.717, 1.165) is 103 Å². The molecule has 9 rings (SSSR count). The van der Waals surface area contributed by atoms with Gasteiger partial charge in [0, 0.05) is 99.1 Å². The molecule has 15 nitrogen and oxygen atoms in total. The quantitative estimate of drug-likeness (QED) is 0.0669. The van der Waals surface area contributed by atoms with Gasteiger partial charge in [-0.25, -0.2) is 9.97 Å². The molecule has 2 saturated heterocycles. The molecule has 382 valence electrons. The number of likely N-dealkylation sites (tertiary alicyclic amines) is 2. The van der Waals surface area contributed by atoms with Gasteiger partial charge in [0.15, 0.2) is 0 Å². The van der Waals surface area contributed by atoms with Crippen molar-refractivity contribution in [2.45, 2.75) is 129 Å². The first-order valence-electron chi connectivity index (χ1n) is 25.7. The summed E-state index contributed by atoms with van der Waals surface area (Å²) < 4.78 is 20.7. The maximum atomic E-state index is 14.1. The maximum Gasteiger partial charge on any atom is 0.246 e. The van der Waals surface area contributed by atoms with Gasteiger partial charge in [-0.3, -0.25) is 19.4 Å². The van der Waals surface area contributed by atoms with Crippen LogP contribution in [0.15, 0.2) is 84.8 Å². The number of thiazole rings is 1. The van der Waals surface area contributed by atoms with Gasteiger partial charge in [-0.05, 0) is 92.8 Å². The first-order valence-corrected chi connectivity index (χ1v) is 26.6. The standard InChI is InChI=1S/C56H70N8O7S/c1-35(37-10-12-38(13-11-37)52-36(2)59-34-72-52)60-54(67)49-27-41(65)32-64(49)55(68)53(56(3,4)5)61-50(66)33-69-25-9-7-8-22-63-23-19-42(20-24-63)70-43-28-44(29-43)71-51-17-15-40(30-58-51)39-14-16-45-46-31-57-21-18-47(46)62(6)48(45)26-39/h10-18,21,26,30-31,34-35,41-44,49,53,65H,7-9,19-20,22-25,27-29,32-33H2,1-6H3,(H,60,67)(H,61,66)/t35-,41+,43-,44-,49-,53+/m0/s1. The highest BCUT2D eigenvalue weighted by atomic mass is 32.1. The maximum absolute atomic E-state index is 14.1. The number of hydrogen-bond donors (Lipinski definition) is 3. The number of aromatic nitrogens is 4. The molecular weight excluding hydrogens is 929 g/mol. The van der Waals surface area contributed by atoms with Crippen molar-refractivity contribution in [1.29, 1.82) is 0 Å². The number of nitrogens with one attached hydrogen (secondary N) is 2. The SMILES string of the molecule is Cc1ncsc1-c1ccc([C@H](C)NC(=O)[C@@H]2C[C@@H](O)CN2C(=O)[C@@H](NC(=O)COCCCCCN2CCC(O[C@H]3C[C@H](Oc4ccc(-c5ccc6c7cnccc7n(C)c6c5)cn4)C3)CC2)C(C)(C)C)cc1. The number of aliphatic hydroxyl groups is 1. The highest BCUT2D eigenvalue weighted by Gasteiger charge is 2.45. The van der Waals surface area contributed by atoms with Crippen LogP contribution in [0.4, 0.5) is 0 Å². The lowest BCUT2D eigenvalue weighted by Gasteiger charge is -2.39. The smallest absolute Gasteiger partial charge is 0.246 e. The number of carbonyl (C=O) groups excluding carboxylic acids is 3. The topological polar surface area (TPSA) is 173 Å². The summed E-state index contributed by atoms with van der Waals surface area (Å²) in [5.41, 5.74) is 8.62. The van der Waals surface area contributed by atoms with E-state index in [-0.39, 0.29) is 49.8 Å². The summed E-state index contributed by atoms with van der Waals surface area (Å²) in [5, 5.41) is 18.9. The summed E-state index contributed by atoms with van der Waals surface area (Å²) in [4.78, 5) is 59.3. The van der Waals surface area contributed by atoms with Crippen LogP contribution in [0.1, 0.15) is 96.4 Å². The van der Waals surface area contributed by atoms with E-state index in [1.54, 1.807) is 11.3 Å². The molecule has 0 unspecified atom stereocenters. The molecular formula is C56H70N8O7S. The van der Waals surface area contributed by atoms with Gasteiger partial charge < -0.3 is 44.3 Å². The summed E-state index contributed by atoms with van der Waals surface area (Å²) >= 11 is 1.59. The number of ether oxygens (including phenoxy) is 3. The van der Waals surface area contributed by atoms with Gasteiger partial charge in [-0.1, -0.05) is 57.2 Å². The second kappa shape index (κ2) is 22.5. The lowest BCUT2D eigenvalue weighted by molar-refractivity contribution is -0.144. The molecule has 6 aromatic rings. The van der Waals surface area contributed by atoms with Crippen molar-refractivity contribution in [1.82, 2.24) is 40.0 Å². The molecule has 1 aliphatic carbocycles. The number of amides is 3. The fraction of sp³-hybridized carbons (Fsp3) is 0.500. The van der Waals surface area contributed by atoms with Crippen molar-refractivity contribution in [2.24, 2.45) is 12.5 Å². The zero-order chi connectivity index (χ0) is 50.5. The molecule has 3 aliphatic rings. The van der Waals surface area contributed by atoms with Crippen LogP contribution in [0, 0.1) is 12.3 Å². The number of β-amino-alcohol motifs (C(OH)–C–C–N with tert-alkyl or cyclic N) is 1. The number of carbonyl (C=O) groups is 3. The number of aliphatic hydroxyl groups excluding tert-OH is 1. The molecule has 0 spiro atoms. The predicted octanol–water partition coefficient (Wildman–Crippen LogP) is 8.17. The van der Waals surface area contributed by atoms with E-state index in [1.165, 1.54) is 21.3 Å². The Bertz CT molecular complexity index is 2810. The fourth-order valence-corrected chi connectivity index (χ4v) is 11.2. The third-order valence-corrected chi connectivity index (χ3v) is 15.7. The normalized spacial score (nSPS) is 20.6. The highest BCUT2D eigenvalue weighted by molar-refractivity contribution is 7.13. The molecule has 16 heteroatoms. The number of aryl methyl sites for hydroxylation is 2. The zero-order valence-corrected chi connectivity index (χ0v) is 43.3. The molecule has 4 atom stereocenters. The van der Waals surface area contributed by atoms with Crippen LogP contribution in [0.5, 0.6) is 5.88 Å². The van der Waals surface area contributed by atoms with Crippen LogP contribution >= 0.6 is 11.3 Å². The van der Waals surface area contributed by atoms with Crippen molar-refractivity contribution < 1.29 is 33.7 Å². The molecule has 2 aromatic carbocycles. The van der Waals surface area contributed by atoms with E-state index in [1.807, 2.05) is 89.1 Å². The Morgan fingerprint density at radius 2 is 1.61 bits per heavy atom. The van der Waals surface area contributed by atoms with E-state index < -0.39 is 35.4 Å². The number of fused-ring (bicyclic) bond motifs is 3. The summed E-state index contributed by atoms with van der Waals surface area (Å²) in [6, 6.07) is 18.5. The molecule has 3 N–H and O–H groups in total. The van der Waals surface area contributed by atoms with Gasteiger partial charge in [0.2, 0.25) is 23.6 Å². The van der Waals surface area contributed by atoms with E-state index in [9.17, 15) is 19.5 Å². The van der Waals surface area contributed by atoms with Crippen LogP contribution in [0.3, 0.4) is 0 Å². The van der Waals surface area contributed by atoms with E-state index >= 15 is 0 Å². The minimum absolute atomic E-state index is 0.0111. The first-order chi connectivity index (χ1) is 34.7. The lowest BCUT2D eigenvalue weighted by Crippen LogP contribution is -2.58. The van der Waals surface area contributed by atoms with Crippen LogP contribution in [-0.2, 0) is 30.9 Å². The number of unbranched alkanes of at least 4 members (excludes halogenated alkanes) is 2. The Morgan fingerprint density at radius 1 is 0.847 bits per heavy atom. The van der Waals surface area contributed by atoms with Crippen molar-refractivity contribution in [3.63, 3.8) is 0 Å². The van der Waals surface area contributed by atoms with E-state index in [4.69, 9.17) is 14.2 Å². The molecule has 3 amide bonds. The number of nitrogens with zero attached hydrogens (tertiary/aromatic N) is 6. The molecule has 1 saturated carbocycles. The van der Waals surface area contributed by atoms with Gasteiger partial charge in [0.05, 0.1) is 46.0 Å². The summed E-state index contributed by atoms with van der Waals surface area (Å²) in [6.07, 6.45) is 12.2. The number of rotatable bonds is 19. The minimum atomic E-state index is -0.918. The van der Waals surface area contributed by atoms with Crippen LogP contribution in [0.25, 0.3) is 43.4 Å². The highest BCUT2D eigenvalue weighted by Crippen LogP contribution is 2.34. The van der Waals surface area contributed by atoms with Gasteiger partial charge in [-0.2, -0.15) is 0 Å². The molecule has 2 aliphatic heterocycles. The van der Waals surface area contributed by atoms with Crippen molar-refractivity contribution in [2.75, 3.05) is 39.4 Å². The summed E-state index contributed by atoms with van der Waals surface area (Å²) in [6.45, 7) is 12.8.